The predicted octanol–water partition coefficient (Wildman–Crippen LogP) is 2.72. The number of carbonyl (C=O) groups is 1. The fourth-order valence-electron chi connectivity index (χ4n) is 4.73. The number of carbonyl (C=O) groups excluding carboxylic acids is 1. The van der Waals surface area contributed by atoms with E-state index in [1.165, 1.54) is 28.6 Å². The highest BCUT2D eigenvalue weighted by Crippen LogP contribution is 2.37. The third-order valence-corrected chi connectivity index (χ3v) is 6.36. The van der Waals surface area contributed by atoms with Gasteiger partial charge in [-0.3, -0.25) is 0 Å². The van der Waals surface area contributed by atoms with Crippen molar-refractivity contribution in [1.29, 1.82) is 0 Å². The van der Waals surface area contributed by atoms with Gasteiger partial charge in [0.2, 0.25) is 0 Å². The number of nitrogens with zero attached hydrogens (tertiary/aromatic N) is 4. The van der Waals surface area contributed by atoms with Crippen molar-refractivity contribution in [3.8, 4) is 11.1 Å². The second-order valence-electron chi connectivity index (χ2n) is 8.31. The van der Waals surface area contributed by atoms with Crippen molar-refractivity contribution in [3.63, 3.8) is 0 Å². The maximum Gasteiger partial charge on any atom is 0.322 e. The molecule has 2 aromatic carbocycles. The smallest absolute Gasteiger partial charge is 0.322 e. The largest absolute Gasteiger partial charge is 0.371 e. The highest BCUT2D eigenvalue weighted by Gasteiger charge is 2.39. The normalized spacial score (nSPS) is 22.5. The fourth-order valence-corrected chi connectivity index (χ4v) is 4.73. The molecule has 2 atom stereocenters. The summed E-state index contributed by atoms with van der Waals surface area (Å²) in [6.07, 6.45) is 3.82. The van der Waals surface area contributed by atoms with Gasteiger partial charge in [-0.05, 0) is 40.8 Å². The van der Waals surface area contributed by atoms with Gasteiger partial charge in [0.25, 0.3) is 0 Å². The number of benzene rings is 2. The van der Waals surface area contributed by atoms with E-state index >= 15 is 0 Å². The van der Waals surface area contributed by atoms with Crippen molar-refractivity contribution in [3.05, 3.63) is 66.2 Å². The molecule has 158 valence electrons. The summed E-state index contributed by atoms with van der Waals surface area (Å²) in [4.78, 5) is 18.7. The standard InChI is InChI=1S/C23H23N5O3/c29-23(26-17-5-6-20-16(8-17)7-15-3-1-2-4-19(15)20)27-9-21-22(10-27)31-12-18(11-30-21)28-14-24-13-25-28/h1-6,8,13-14,18,21-22H,7,9-12H2,(H,26,29)/t21-,22-/m0/s1. The SMILES string of the molecule is O=C(Nc1ccc2c(c1)Cc1ccccc1-2)N1C[C@@H]2OCC(n3cncn3)CO[C@H]2C1. The number of aromatic nitrogens is 3. The van der Waals surface area contributed by atoms with E-state index < -0.39 is 0 Å². The number of urea groups is 1. The van der Waals surface area contributed by atoms with Gasteiger partial charge in [-0.15, -0.1) is 0 Å². The molecule has 8 heteroatoms. The van der Waals surface area contributed by atoms with Crippen LogP contribution in [0, 0.1) is 0 Å². The van der Waals surface area contributed by atoms with E-state index in [0.29, 0.717) is 26.3 Å². The van der Waals surface area contributed by atoms with Crippen LogP contribution in [0.3, 0.4) is 0 Å². The number of amides is 2. The minimum atomic E-state index is -0.131. The van der Waals surface area contributed by atoms with E-state index in [-0.39, 0.29) is 24.3 Å². The molecular formula is C23H23N5O3. The lowest BCUT2D eigenvalue weighted by atomic mass is 10.1. The number of likely N-dealkylation sites (tertiary alicyclic amines) is 1. The van der Waals surface area contributed by atoms with Gasteiger partial charge in [0.1, 0.15) is 30.9 Å². The molecule has 1 aliphatic carbocycles. The first-order valence-corrected chi connectivity index (χ1v) is 10.6. The van der Waals surface area contributed by atoms with Crippen molar-refractivity contribution < 1.29 is 14.3 Å². The van der Waals surface area contributed by atoms with E-state index in [1.807, 2.05) is 6.07 Å². The Balaban J connectivity index is 1.10. The maximum atomic E-state index is 12.9. The van der Waals surface area contributed by atoms with Gasteiger partial charge in [-0.25, -0.2) is 14.5 Å². The molecule has 2 fully saturated rings. The fraction of sp³-hybridized carbons (Fsp3) is 0.348. The summed E-state index contributed by atoms with van der Waals surface area (Å²) < 4.78 is 13.9. The van der Waals surface area contributed by atoms with Crippen molar-refractivity contribution >= 4 is 11.7 Å². The Morgan fingerprint density at radius 2 is 1.77 bits per heavy atom. The Kier molecular flexibility index (Phi) is 4.47. The maximum absolute atomic E-state index is 12.9. The molecule has 8 nitrogen and oxygen atoms in total. The molecule has 2 amide bonds. The molecule has 6 rings (SSSR count). The minimum absolute atomic E-state index is 0.00548. The summed E-state index contributed by atoms with van der Waals surface area (Å²) in [6.45, 7) is 2.00. The number of nitrogens with one attached hydrogen (secondary N) is 1. The molecule has 0 bridgehead atoms. The van der Waals surface area contributed by atoms with E-state index in [1.54, 1.807) is 15.9 Å². The van der Waals surface area contributed by atoms with Gasteiger partial charge >= 0.3 is 6.03 Å². The molecule has 0 unspecified atom stereocenters. The van der Waals surface area contributed by atoms with E-state index in [0.717, 1.165) is 12.1 Å². The summed E-state index contributed by atoms with van der Waals surface area (Å²) in [5.74, 6) is 0. The Hall–Kier alpha value is -3.23. The first kappa shape index (κ1) is 18.5. The molecule has 1 N–H and O–H groups in total. The first-order chi connectivity index (χ1) is 15.2. The zero-order valence-corrected chi connectivity index (χ0v) is 17.0. The molecular weight excluding hydrogens is 394 g/mol. The van der Waals surface area contributed by atoms with Crippen molar-refractivity contribution in [1.82, 2.24) is 19.7 Å². The van der Waals surface area contributed by atoms with Crippen LogP contribution in [0.2, 0.25) is 0 Å². The summed E-state index contributed by atoms with van der Waals surface area (Å²) >= 11 is 0. The van der Waals surface area contributed by atoms with Gasteiger partial charge in [0, 0.05) is 5.69 Å². The molecule has 3 aromatic rings. The quantitative estimate of drug-likeness (QED) is 0.542. The molecule has 1 aromatic heterocycles. The van der Waals surface area contributed by atoms with Crippen LogP contribution in [0.5, 0.6) is 0 Å². The predicted molar refractivity (Wildman–Crippen MR) is 114 cm³/mol. The van der Waals surface area contributed by atoms with Gasteiger partial charge in [-0.2, -0.15) is 5.10 Å². The zero-order valence-electron chi connectivity index (χ0n) is 17.0. The lowest BCUT2D eigenvalue weighted by Gasteiger charge is -2.19. The monoisotopic (exact) mass is 417 g/mol. The van der Waals surface area contributed by atoms with Crippen LogP contribution in [-0.4, -0.2) is 64.2 Å². The second-order valence-corrected chi connectivity index (χ2v) is 8.31. The molecule has 0 radical (unpaired) electrons. The van der Waals surface area contributed by atoms with Gasteiger partial charge in [0.15, 0.2) is 0 Å². The lowest BCUT2D eigenvalue weighted by Crippen LogP contribution is -2.34. The number of ether oxygens (including phenoxy) is 2. The minimum Gasteiger partial charge on any atom is -0.371 e. The van der Waals surface area contributed by atoms with E-state index in [2.05, 4.69) is 51.8 Å². The molecule has 3 heterocycles. The molecule has 2 saturated heterocycles. The van der Waals surface area contributed by atoms with Crippen LogP contribution in [0.1, 0.15) is 17.2 Å². The summed E-state index contributed by atoms with van der Waals surface area (Å²) in [7, 11) is 0. The van der Waals surface area contributed by atoms with Crippen LogP contribution >= 0.6 is 0 Å². The number of hydrogen-bond acceptors (Lipinski definition) is 5. The lowest BCUT2D eigenvalue weighted by molar-refractivity contribution is -0.00461. The third-order valence-electron chi connectivity index (χ3n) is 6.36. The molecule has 0 saturated carbocycles. The number of anilines is 1. The van der Waals surface area contributed by atoms with Gasteiger partial charge in [-0.1, -0.05) is 30.3 Å². The van der Waals surface area contributed by atoms with Crippen LogP contribution in [0.25, 0.3) is 11.1 Å². The van der Waals surface area contributed by atoms with Gasteiger partial charge < -0.3 is 19.7 Å². The first-order valence-electron chi connectivity index (χ1n) is 10.6. The van der Waals surface area contributed by atoms with Crippen molar-refractivity contribution in [2.45, 2.75) is 24.7 Å². The van der Waals surface area contributed by atoms with Crippen molar-refractivity contribution in [2.75, 3.05) is 31.6 Å². The molecule has 31 heavy (non-hydrogen) atoms. The Labute approximate surface area is 179 Å². The Morgan fingerprint density at radius 1 is 1.00 bits per heavy atom. The van der Waals surface area contributed by atoms with E-state index in [4.69, 9.17) is 9.47 Å². The van der Waals surface area contributed by atoms with Crippen molar-refractivity contribution in [2.24, 2.45) is 0 Å². The topological polar surface area (TPSA) is 81.5 Å². The average Bonchev–Trinajstić information content (AvgIpc) is 3.50. The molecule has 3 aliphatic rings. The summed E-state index contributed by atoms with van der Waals surface area (Å²) in [5, 5.41) is 7.22. The van der Waals surface area contributed by atoms with Crippen LogP contribution < -0.4 is 5.32 Å². The van der Waals surface area contributed by atoms with Crippen LogP contribution in [0.4, 0.5) is 10.5 Å². The highest BCUT2D eigenvalue weighted by molar-refractivity contribution is 5.91. The van der Waals surface area contributed by atoms with Gasteiger partial charge in [0.05, 0.1) is 26.3 Å². The number of fused-ring (bicyclic) bond motifs is 4. The Bertz CT molecular complexity index is 1100. The second kappa shape index (κ2) is 7.47. The zero-order chi connectivity index (χ0) is 20.8. The highest BCUT2D eigenvalue weighted by atomic mass is 16.6. The summed E-state index contributed by atoms with van der Waals surface area (Å²) in [5.41, 5.74) is 5.93. The molecule has 2 aliphatic heterocycles. The Morgan fingerprint density at radius 3 is 2.55 bits per heavy atom. The number of rotatable bonds is 2. The van der Waals surface area contributed by atoms with Crippen LogP contribution in [-0.2, 0) is 15.9 Å². The summed E-state index contributed by atoms with van der Waals surface area (Å²) in [6, 6.07) is 14.5. The van der Waals surface area contributed by atoms with E-state index in [9.17, 15) is 4.79 Å². The molecule has 0 spiro atoms. The third kappa shape index (κ3) is 3.37. The number of hydrogen-bond donors (Lipinski definition) is 1. The van der Waals surface area contributed by atoms with Crippen LogP contribution in [0.15, 0.2) is 55.1 Å². The average molecular weight is 417 g/mol.